The molecule has 1 aromatic rings. The SMILES string of the molecule is CC(C)(C)OC(=O)N1CCCC(NC(=O)c2cc([N+](=O)[O-])c(NCC3(F)CC3)cc2F)C1. The van der Waals surface area contributed by atoms with Crippen molar-refractivity contribution in [2.24, 2.45) is 0 Å². The standard InChI is InChI=1S/C21H28F2N4O5/c1-20(2,3)32-19(29)26-8-4-5-13(11-26)25-18(28)14-9-17(27(30)31)16(10-15(14)22)24-12-21(23)6-7-21/h9-10,13,24H,4-8,11-12H2,1-3H3,(H,25,28). The summed E-state index contributed by atoms with van der Waals surface area (Å²) in [5.41, 5.74) is -3.27. The van der Waals surface area contributed by atoms with Crippen molar-refractivity contribution in [1.82, 2.24) is 10.2 Å². The van der Waals surface area contributed by atoms with Crippen molar-refractivity contribution < 1.29 is 28.0 Å². The van der Waals surface area contributed by atoms with Gasteiger partial charge in [-0.2, -0.15) is 0 Å². The number of nitrogens with zero attached hydrogens (tertiary/aromatic N) is 2. The Balaban J connectivity index is 1.69. The third kappa shape index (κ3) is 6.04. The summed E-state index contributed by atoms with van der Waals surface area (Å²) in [5.74, 6) is -1.78. The Morgan fingerprint density at radius 2 is 2.03 bits per heavy atom. The lowest BCUT2D eigenvalue weighted by molar-refractivity contribution is -0.384. The van der Waals surface area contributed by atoms with Crippen LogP contribution in [0.2, 0.25) is 0 Å². The van der Waals surface area contributed by atoms with Crippen LogP contribution in [-0.4, -0.2) is 58.8 Å². The number of ether oxygens (including phenoxy) is 1. The van der Waals surface area contributed by atoms with Gasteiger partial charge in [0.25, 0.3) is 11.6 Å². The number of carbonyl (C=O) groups is 2. The second kappa shape index (κ2) is 8.87. The van der Waals surface area contributed by atoms with Gasteiger partial charge in [0.2, 0.25) is 0 Å². The van der Waals surface area contributed by atoms with Gasteiger partial charge in [-0.25, -0.2) is 13.6 Å². The monoisotopic (exact) mass is 454 g/mol. The highest BCUT2D eigenvalue weighted by atomic mass is 19.1. The molecule has 2 aliphatic rings. The molecule has 2 amide bonds. The van der Waals surface area contributed by atoms with Crippen molar-refractivity contribution in [3.05, 3.63) is 33.6 Å². The number of piperidine rings is 1. The number of alkyl halides is 1. The van der Waals surface area contributed by atoms with Crippen molar-refractivity contribution in [1.29, 1.82) is 0 Å². The topological polar surface area (TPSA) is 114 Å². The molecule has 32 heavy (non-hydrogen) atoms. The first-order chi connectivity index (χ1) is 14.9. The lowest BCUT2D eigenvalue weighted by Gasteiger charge is -2.34. The maximum absolute atomic E-state index is 14.6. The molecule has 0 aromatic heterocycles. The number of halogens is 2. The normalized spacial score (nSPS) is 19.8. The van der Waals surface area contributed by atoms with E-state index < -0.39 is 51.3 Å². The van der Waals surface area contributed by atoms with E-state index in [2.05, 4.69) is 10.6 Å². The average Bonchev–Trinajstić information content (AvgIpc) is 3.42. The number of nitro groups is 1. The smallest absolute Gasteiger partial charge is 0.410 e. The zero-order chi connectivity index (χ0) is 23.7. The molecule has 1 unspecified atom stereocenters. The van der Waals surface area contributed by atoms with E-state index in [4.69, 9.17) is 4.74 Å². The summed E-state index contributed by atoms with van der Waals surface area (Å²) >= 11 is 0. The summed E-state index contributed by atoms with van der Waals surface area (Å²) in [4.78, 5) is 37.1. The van der Waals surface area contributed by atoms with Crippen molar-refractivity contribution >= 4 is 23.4 Å². The number of nitrogens with one attached hydrogen (secondary N) is 2. The van der Waals surface area contributed by atoms with Gasteiger partial charge in [0.05, 0.1) is 10.5 Å². The Labute approximate surface area is 184 Å². The van der Waals surface area contributed by atoms with Crippen LogP contribution in [0.25, 0.3) is 0 Å². The summed E-state index contributed by atoms with van der Waals surface area (Å²) in [5, 5.41) is 16.6. The molecule has 1 aliphatic carbocycles. The highest BCUT2D eigenvalue weighted by Crippen LogP contribution is 2.40. The van der Waals surface area contributed by atoms with Crippen molar-refractivity contribution in [3.8, 4) is 0 Å². The van der Waals surface area contributed by atoms with Crippen LogP contribution in [0.15, 0.2) is 12.1 Å². The molecular weight excluding hydrogens is 426 g/mol. The maximum atomic E-state index is 14.6. The van der Waals surface area contributed by atoms with Gasteiger partial charge < -0.3 is 20.3 Å². The molecule has 11 heteroatoms. The largest absolute Gasteiger partial charge is 0.444 e. The van der Waals surface area contributed by atoms with Crippen LogP contribution in [0.4, 0.5) is 25.0 Å². The van der Waals surface area contributed by atoms with Gasteiger partial charge in [-0.15, -0.1) is 0 Å². The average molecular weight is 454 g/mol. The van der Waals surface area contributed by atoms with Gasteiger partial charge in [0, 0.05) is 37.8 Å². The van der Waals surface area contributed by atoms with Crippen LogP contribution < -0.4 is 10.6 Å². The molecule has 3 rings (SSSR count). The Morgan fingerprint density at radius 3 is 2.62 bits per heavy atom. The van der Waals surface area contributed by atoms with E-state index in [1.807, 2.05) is 0 Å². The zero-order valence-electron chi connectivity index (χ0n) is 18.4. The Morgan fingerprint density at radius 1 is 1.34 bits per heavy atom. The van der Waals surface area contributed by atoms with E-state index in [1.54, 1.807) is 20.8 Å². The number of rotatable bonds is 6. The lowest BCUT2D eigenvalue weighted by Crippen LogP contribution is -2.50. The fourth-order valence-electron chi connectivity index (χ4n) is 3.44. The van der Waals surface area contributed by atoms with E-state index in [-0.39, 0.29) is 18.8 Å². The molecule has 1 atom stereocenters. The molecule has 2 fully saturated rings. The third-order valence-corrected chi connectivity index (χ3v) is 5.32. The van der Waals surface area contributed by atoms with E-state index in [9.17, 15) is 28.5 Å². The molecule has 9 nitrogen and oxygen atoms in total. The van der Waals surface area contributed by atoms with Crippen molar-refractivity contribution in [2.45, 2.75) is 63.8 Å². The number of benzene rings is 1. The highest BCUT2D eigenvalue weighted by molar-refractivity contribution is 5.96. The second-order valence-corrected chi connectivity index (χ2v) is 9.35. The molecule has 1 aliphatic heterocycles. The molecule has 1 aromatic carbocycles. The first-order valence-electron chi connectivity index (χ1n) is 10.6. The van der Waals surface area contributed by atoms with Gasteiger partial charge in [-0.1, -0.05) is 0 Å². The maximum Gasteiger partial charge on any atom is 0.410 e. The highest BCUT2D eigenvalue weighted by Gasteiger charge is 2.43. The Bertz CT molecular complexity index is 914. The van der Waals surface area contributed by atoms with Crippen LogP contribution in [0.5, 0.6) is 0 Å². The quantitative estimate of drug-likeness (QED) is 0.500. The number of hydrogen-bond donors (Lipinski definition) is 2. The molecule has 1 heterocycles. The van der Waals surface area contributed by atoms with Gasteiger partial charge in [-0.05, 0) is 46.5 Å². The van der Waals surface area contributed by atoms with Crippen molar-refractivity contribution in [2.75, 3.05) is 25.0 Å². The van der Waals surface area contributed by atoms with Gasteiger partial charge in [0.1, 0.15) is 22.8 Å². The van der Waals surface area contributed by atoms with Crippen molar-refractivity contribution in [3.63, 3.8) is 0 Å². The number of nitro benzene ring substituents is 1. The molecule has 0 spiro atoms. The van der Waals surface area contributed by atoms with Crippen LogP contribution in [0.3, 0.4) is 0 Å². The van der Waals surface area contributed by atoms with Crippen LogP contribution in [-0.2, 0) is 4.74 Å². The number of likely N-dealkylation sites (tertiary alicyclic amines) is 1. The minimum absolute atomic E-state index is 0.165. The van der Waals surface area contributed by atoms with E-state index in [1.165, 1.54) is 4.90 Å². The molecular formula is C21H28F2N4O5. The summed E-state index contributed by atoms with van der Waals surface area (Å²) in [6, 6.07) is 1.23. The minimum atomic E-state index is -1.43. The van der Waals surface area contributed by atoms with Crippen LogP contribution >= 0.6 is 0 Å². The minimum Gasteiger partial charge on any atom is -0.444 e. The number of anilines is 1. The summed E-state index contributed by atoms with van der Waals surface area (Å²) in [6.07, 6.45) is 1.36. The fraction of sp³-hybridized carbons (Fsp3) is 0.619. The third-order valence-electron chi connectivity index (χ3n) is 5.32. The second-order valence-electron chi connectivity index (χ2n) is 9.35. The van der Waals surface area contributed by atoms with Gasteiger partial charge >= 0.3 is 6.09 Å². The first-order valence-corrected chi connectivity index (χ1v) is 10.6. The Hall–Kier alpha value is -2.98. The predicted octanol–water partition coefficient (Wildman–Crippen LogP) is 3.78. The molecule has 176 valence electrons. The van der Waals surface area contributed by atoms with Gasteiger partial charge in [0.15, 0.2) is 0 Å². The van der Waals surface area contributed by atoms with Gasteiger partial charge in [-0.3, -0.25) is 14.9 Å². The number of amides is 2. The number of hydrogen-bond acceptors (Lipinski definition) is 6. The van der Waals surface area contributed by atoms with Crippen LogP contribution in [0, 0.1) is 15.9 Å². The molecule has 0 bridgehead atoms. The zero-order valence-corrected chi connectivity index (χ0v) is 18.4. The molecule has 0 radical (unpaired) electrons. The van der Waals surface area contributed by atoms with E-state index >= 15 is 0 Å². The predicted molar refractivity (Wildman–Crippen MR) is 113 cm³/mol. The summed E-state index contributed by atoms with van der Waals surface area (Å²) in [7, 11) is 0. The number of carbonyl (C=O) groups excluding carboxylic acids is 2. The molecule has 1 saturated carbocycles. The van der Waals surface area contributed by atoms with E-state index in [0.717, 1.165) is 12.1 Å². The molecule has 1 saturated heterocycles. The van der Waals surface area contributed by atoms with E-state index in [0.29, 0.717) is 32.2 Å². The first kappa shape index (κ1) is 23.7. The summed E-state index contributed by atoms with van der Waals surface area (Å²) < 4.78 is 33.8. The lowest BCUT2D eigenvalue weighted by atomic mass is 10.0. The fourth-order valence-corrected chi connectivity index (χ4v) is 3.44. The Kier molecular flexibility index (Phi) is 6.56. The summed E-state index contributed by atoms with van der Waals surface area (Å²) in [6.45, 7) is 5.74. The molecule has 2 N–H and O–H groups in total. The van der Waals surface area contributed by atoms with Crippen LogP contribution in [0.1, 0.15) is 56.8 Å².